The summed E-state index contributed by atoms with van der Waals surface area (Å²) in [7, 11) is 1.66. The summed E-state index contributed by atoms with van der Waals surface area (Å²) < 4.78 is 25.9. The van der Waals surface area contributed by atoms with E-state index in [1.807, 2.05) is 19.0 Å². The van der Waals surface area contributed by atoms with Gasteiger partial charge in [-0.25, -0.2) is 17.5 Å². The highest BCUT2D eigenvalue weighted by molar-refractivity contribution is 7.89. The van der Waals surface area contributed by atoms with E-state index >= 15 is 0 Å². The minimum atomic E-state index is -3.66. The Bertz CT molecular complexity index is 617. The number of carboxylic acids is 1. The molecule has 0 radical (unpaired) electrons. The highest BCUT2D eigenvalue weighted by Gasteiger charge is 2.22. The predicted octanol–water partition coefficient (Wildman–Crippen LogP) is 1.61. The van der Waals surface area contributed by atoms with Crippen molar-refractivity contribution in [1.29, 1.82) is 0 Å². The molecule has 0 amide bonds. The molecule has 1 N–H and O–H groups in total. The number of carboxylic acid groups (broad SMARTS) is 1. The van der Waals surface area contributed by atoms with E-state index in [1.54, 1.807) is 0 Å². The minimum absolute atomic E-state index is 0.00940. The van der Waals surface area contributed by atoms with E-state index in [4.69, 9.17) is 16.7 Å². The van der Waals surface area contributed by atoms with E-state index in [1.165, 1.54) is 29.6 Å². The molecule has 21 heavy (non-hydrogen) atoms. The molecule has 0 saturated heterocycles. The normalized spacial score (nSPS) is 12.1. The SMILES string of the molecule is CN(C)CCCN(C)S(=O)(=O)c1ccc(C(=O)O)c(Cl)c1. The zero-order valence-corrected chi connectivity index (χ0v) is 13.8. The summed E-state index contributed by atoms with van der Waals surface area (Å²) >= 11 is 5.81. The Morgan fingerprint density at radius 2 is 1.86 bits per heavy atom. The second-order valence-corrected chi connectivity index (χ2v) is 7.38. The summed E-state index contributed by atoms with van der Waals surface area (Å²) in [5.74, 6) is -1.19. The third-order valence-electron chi connectivity index (χ3n) is 2.96. The molecule has 0 aliphatic carbocycles. The molecule has 0 aliphatic heterocycles. The number of hydrogen-bond donors (Lipinski definition) is 1. The van der Waals surface area contributed by atoms with Gasteiger partial charge in [0.15, 0.2) is 0 Å². The van der Waals surface area contributed by atoms with Gasteiger partial charge in [0, 0.05) is 13.6 Å². The molecular weight excluding hydrogens is 316 g/mol. The lowest BCUT2D eigenvalue weighted by atomic mass is 10.2. The van der Waals surface area contributed by atoms with Gasteiger partial charge in [0.25, 0.3) is 0 Å². The molecule has 0 unspecified atom stereocenters. The fourth-order valence-electron chi connectivity index (χ4n) is 1.74. The smallest absolute Gasteiger partial charge is 0.337 e. The van der Waals surface area contributed by atoms with Crippen molar-refractivity contribution in [2.75, 3.05) is 34.2 Å². The number of aromatic carboxylic acids is 1. The largest absolute Gasteiger partial charge is 0.478 e. The average molecular weight is 335 g/mol. The molecule has 0 saturated carbocycles. The molecule has 1 rings (SSSR count). The van der Waals surface area contributed by atoms with Gasteiger partial charge >= 0.3 is 5.97 Å². The number of nitrogens with zero attached hydrogens (tertiary/aromatic N) is 2. The summed E-state index contributed by atoms with van der Waals surface area (Å²) in [4.78, 5) is 12.8. The first-order valence-electron chi connectivity index (χ1n) is 6.30. The molecule has 1 aromatic carbocycles. The van der Waals surface area contributed by atoms with Crippen molar-refractivity contribution < 1.29 is 18.3 Å². The number of hydrogen-bond acceptors (Lipinski definition) is 4. The first-order valence-corrected chi connectivity index (χ1v) is 8.12. The predicted molar refractivity (Wildman–Crippen MR) is 81.4 cm³/mol. The van der Waals surface area contributed by atoms with Gasteiger partial charge in [0.05, 0.1) is 15.5 Å². The van der Waals surface area contributed by atoms with Crippen LogP contribution in [0.15, 0.2) is 23.1 Å². The Kier molecular flexibility index (Phi) is 6.15. The van der Waals surface area contributed by atoms with Crippen molar-refractivity contribution in [2.45, 2.75) is 11.3 Å². The van der Waals surface area contributed by atoms with Crippen molar-refractivity contribution in [2.24, 2.45) is 0 Å². The van der Waals surface area contributed by atoms with Crippen LogP contribution in [0.3, 0.4) is 0 Å². The zero-order valence-electron chi connectivity index (χ0n) is 12.2. The van der Waals surface area contributed by atoms with Crippen LogP contribution in [0.2, 0.25) is 5.02 Å². The van der Waals surface area contributed by atoms with Crippen molar-refractivity contribution in [1.82, 2.24) is 9.21 Å². The molecule has 0 aliphatic rings. The van der Waals surface area contributed by atoms with Gasteiger partial charge in [-0.1, -0.05) is 11.6 Å². The summed E-state index contributed by atoms with van der Waals surface area (Å²) in [6.07, 6.45) is 0.698. The summed E-state index contributed by atoms with van der Waals surface area (Å²) in [5.41, 5.74) is -0.120. The molecule has 0 atom stereocenters. The molecular formula is C13H19ClN2O4S. The first-order chi connectivity index (χ1) is 9.66. The molecule has 0 aromatic heterocycles. The van der Waals surface area contributed by atoms with Gasteiger partial charge in [-0.2, -0.15) is 0 Å². The highest BCUT2D eigenvalue weighted by atomic mass is 35.5. The maximum absolute atomic E-state index is 12.3. The average Bonchev–Trinajstić information content (AvgIpc) is 2.37. The van der Waals surface area contributed by atoms with Crippen molar-refractivity contribution in [3.05, 3.63) is 28.8 Å². The highest BCUT2D eigenvalue weighted by Crippen LogP contribution is 2.23. The van der Waals surface area contributed by atoms with Gasteiger partial charge in [0.2, 0.25) is 10.0 Å². The van der Waals surface area contributed by atoms with Crippen LogP contribution in [-0.4, -0.2) is 62.9 Å². The zero-order chi connectivity index (χ0) is 16.2. The van der Waals surface area contributed by atoms with E-state index in [2.05, 4.69) is 0 Å². The Morgan fingerprint density at radius 1 is 1.24 bits per heavy atom. The maximum atomic E-state index is 12.3. The molecule has 6 nitrogen and oxygen atoms in total. The minimum Gasteiger partial charge on any atom is -0.478 e. The number of halogens is 1. The maximum Gasteiger partial charge on any atom is 0.337 e. The van der Waals surface area contributed by atoms with Crippen LogP contribution in [0.25, 0.3) is 0 Å². The van der Waals surface area contributed by atoms with Gasteiger partial charge in [-0.15, -0.1) is 0 Å². The molecule has 0 heterocycles. The fourth-order valence-corrected chi connectivity index (χ4v) is 3.30. The third kappa shape index (κ3) is 4.67. The molecule has 8 heteroatoms. The second-order valence-electron chi connectivity index (χ2n) is 4.93. The Hall–Kier alpha value is -1.15. The van der Waals surface area contributed by atoms with Crippen LogP contribution in [-0.2, 0) is 10.0 Å². The third-order valence-corrected chi connectivity index (χ3v) is 5.12. The molecule has 118 valence electrons. The van der Waals surface area contributed by atoms with Crippen LogP contribution < -0.4 is 0 Å². The van der Waals surface area contributed by atoms with E-state index < -0.39 is 16.0 Å². The number of benzene rings is 1. The summed E-state index contributed by atoms with van der Waals surface area (Å²) in [6, 6.07) is 3.63. The monoisotopic (exact) mass is 334 g/mol. The van der Waals surface area contributed by atoms with E-state index in [9.17, 15) is 13.2 Å². The van der Waals surface area contributed by atoms with Crippen LogP contribution in [0, 0.1) is 0 Å². The lowest BCUT2D eigenvalue weighted by Gasteiger charge is -2.18. The second kappa shape index (κ2) is 7.22. The summed E-state index contributed by atoms with van der Waals surface area (Å²) in [6.45, 7) is 1.15. The Labute approximate surface area is 130 Å². The topological polar surface area (TPSA) is 77.9 Å². The van der Waals surface area contributed by atoms with Crippen LogP contribution in [0.1, 0.15) is 16.8 Å². The standard InChI is InChI=1S/C13H19ClN2O4S/c1-15(2)7-4-8-16(3)21(19,20)10-5-6-11(13(17)18)12(14)9-10/h5-6,9H,4,7-8H2,1-3H3,(H,17,18). The molecule has 0 fully saturated rings. The van der Waals surface area contributed by atoms with E-state index in [0.717, 1.165) is 6.54 Å². The van der Waals surface area contributed by atoms with Gasteiger partial charge < -0.3 is 10.0 Å². The van der Waals surface area contributed by atoms with E-state index in [-0.39, 0.29) is 15.5 Å². The Morgan fingerprint density at radius 3 is 2.33 bits per heavy atom. The number of sulfonamides is 1. The molecule has 1 aromatic rings. The quantitative estimate of drug-likeness (QED) is 0.819. The lowest BCUT2D eigenvalue weighted by Crippen LogP contribution is -2.30. The van der Waals surface area contributed by atoms with Crippen molar-refractivity contribution in [3.63, 3.8) is 0 Å². The Balaban J connectivity index is 2.92. The number of carbonyl (C=O) groups is 1. The molecule has 0 bridgehead atoms. The van der Waals surface area contributed by atoms with Crippen LogP contribution in [0.4, 0.5) is 0 Å². The van der Waals surface area contributed by atoms with Gasteiger partial charge in [0.1, 0.15) is 0 Å². The van der Waals surface area contributed by atoms with Gasteiger partial charge in [-0.3, -0.25) is 0 Å². The van der Waals surface area contributed by atoms with Crippen LogP contribution >= 0.6 is 11.6 Å². The van der Waals surface area contributed by atoms with Gasteiger partial charge in [-0.05, 0) is 45.3 Å². The summed E-state index contributed by atoms with van der Waals surface area (Å²) in [5, 5.41) is 8.80. The molecule has 0 spiro atoms. The van der Waals surface area contributed by atoms with Crippen molar-refractivity contribution >= 4 is 27.6 Å². The number of rotatable bonds is 7. The first kappa shape index (κ1) is 17.9. The van der Waals surface area contributed by atoms with Crippen LogP contribution in [0.5, 0.6) is 0 Å². The fraction of sp³-hybridized carbons (Fsp3) is 0.462. The van der Waals surface area contributed by atoms with E-state index in [0.29, 0.717) is 13.0 Å². The lowest BCUT2D eigenvalue weighted by molar-refractivity contribution is 0.0697. The van der Waals surface area contributed by atoms with Crippen molar-refractivity contribution in [3.8, 4) is 0 Å².